The average molecular weight is 497 g/mol. The molecule has 188 valence electrons. The van der Waals surface area contributed by atoms with Crippen LogP contribution in [0.5, 0.6) is 11.5 Å². The van der Waals surface area contributed by atoms with Gasteiger partial charge < -0.3 is 24.3 Å². The van der Waals surface area contributed by atoms with E-state index in [1.807, 2.05) is 54.9 Å². The summed E-state index contributed by atoms with van der Waals surface area (Å²) in [6, 6.07) is 11.8. The van der Waals surface area contributed by atoms with Gasteiger partial charge >= 0.3 is 0 Å². The quantitative estimate of drug-likeness (QED) is 0.369. The number of morpholine rings is 1. The molecule has 2 aromatic carbocycles. The predicted octanol–water partition coefficient (Wildman–Crippen LogP) is 4.76. The largest absolute Gasteiger partial charge is 0.457 e. The molecule has 0 amide bonds. The lowest BCUT2D eigenvalue weighted by molar-refractivity contribution is -0.00570. The van der Waals surface area contributed by atoms with Crippen molar-refractivity contribution in [3.63, 3.8) is 0 Å². The lowest BCUT2D eigenvalue weighted by Gasteiger charge is -2.35. The third-order valence-electron chi connectivity index (χ3n) is 6.43. The molecule has 1 fully saturated rings. The molecule has 5 aromatic rings. The highest BCUT2D eigenvalue weighted by Gasteiger charge is 2.24. The van der Waals surface area contributed by atoms with Crippen molar-refractivity contribution in [3.05, 3.63) is 60.8 Å². The van der Waals surface area contributed by atoms with Gasteiger partial charge in [0.15, 0.2) is 5.82 Å². The summed E-state index contributed by atoms with van der Waals surface area (Å²) in [5, 5.41) is 3.40. The molecular formula is C27H28N8O2. The maximum absolute atomic E-state index is 6.16. The first-order valence-corrected chi connectivity index (χ1v) is 12.3. The zero-order chi connectivity index (χ0) is 25.5. The van der Waals surface area contributed by atoms with Crippen molar-refractivity contribution >= 4 is 39.5 Å². The number of benzene rings is 2. The molecule has 0 spiro atoms. The molecule has 6 rings (SSSR count). The van der Waals surface area contributed by atoms with Crippen LogP contribution in [-0.4, -0.2) is 54.8 Å². The normalized spacial score (nSPS) is 17.9. The molecule has 1 aliphatic rings. The van der Waals surface area contributed by atoms with E-state index >= 15 is 0 Å². The van der Waals surface area contributed by atoms with Gasteiger partial charge in [0.25, 0.3) is 0 Å². The Labute approximate surface area is 214 Å². The number of ether oxygens (including phenoxy) is 2. The summed E-state index contributed by atoms with van der Waals surface area (Å²) in [6.07, 6.45) is 5.29. The number of nitrogens with one attached hydrogen (secondary N) is 1. The number of hydrogen-bond donors (Lipinski definition) is 1. The van der Waals surface area contributed by atoms with Gasteiger partial charge in [0, 0.05) is 31.9 Å². The Bertz CT molecular complexity index is 1590. The molecule has 1 N–H and O–H groups in total. The van der Waals surface area contributed by atoms with Crippen molar-refractivity contribution in [3.8, 4) is 11.5 Å². The third-order valence-corrected chi connectivity index (χ3v) is 6.43. The van der Waals surface area contributed by atoms with Crippen LogP contribution in [0.15, 0.2) is 55.2 Å². The molecule has 0 radical (unpaired) electrons. The van der Waals surface area contributed by atoms with Crippen LogP contribution in [0.4, 0.5) is 17.5 Å². The second kappa shape index (κ2) is 9.29. The Morgan fingerprint density at radius 2 is 1.81 bits per heavy atom. The monoisotopic (exact) mass is 496 g/mol. The van der Waals surface area contributed by atoms with E-state index < -0.39 is 0 Å². The highest BCUT2D eigenvalue weighted by Crippen LogP contribution is 2.31. The standard InChI is InChI=1S/C27H28N8O2/c1-16-9-19(5-8-24(16)37-20-6-7-23-21(10-20)31-15-34(23)4)32-26-25-22(29-14-30-26)11-28-27(33-25)35-12-17(2)36-18(3)13-35/h5-11,14-15,17-18H,12-13H2,1-4H3,(H,29,30,32). The van der Waals surface area contributed by atoms with Crippen molar-refractivity contribution in [2.24, 2.45) is 7.05 Å². The third kappa shape index (κ3) is 4.63. The molecule has 2 atom stereocenters. The van der Waals surface area contributed by atoms with Crippen molar-refractivity contribution in [1.29, 1.82) is 0 Å². The van der Waals surface area contributed by atoms with Crippen LogP contribution < -0.4 is 15.0 Å². The van der Waals surface area contributed by atoms with Gasteiger partial charge in [-0.15, -0.1) is 0 Å². The van der Waals surface area contributed by atoms with Crippen molar-refractivity contribution < 1.29 is 9.47 Å². The highest BCUT2D eigenvalue weighted by molar-refractivity contribution is 5.87. The number of fused-ring (bicyclic) bond motifs is 2. The first-order valence-electron chi connectivity index (χ1n) is 12.3. The van der Waals surface area contributed by atoms with E-state index in [2.05, 4.69) is 44.0 Å². The van der Waals surface area contributed by atoms with Crippen LogP contribution in [0.1, 0.15) is 19.4 Å². The van der Waals surface area contributed by atoms with Gasteiger partial charge in [-0.1, -0.05) is 0 Å². The van der Waals surface area contributed by atoms with Crippen molar-refractivity contribution in [1.82, 2.24) is 29.5 Å². The van der Waals surface area contributed by atoms with Gasteiger partial charge in [-0.05, 0) is 56.7 Å². The Balaban J connectivity index is 1.25. The summed E-state index contributed by atoms with van der Waals surface area (Å²) in [7, 11) is 1.98. The Morgan fingerprint density at radius 3 is 2.62 bits per heavy atom. The topological polar surface area (TPSA) is 103 Å². The summed E-state index contributed by atoms with van der Waals surface area (Å²) >= 11 is 0. The van der Waals surface area contributed by atoms with Gasteiger partial charge in [0.1, 0.15) is 28.9 Å². The number of rotatable bonds is 5. The predicted molar refractivity (Wildman–Crippen MR) is 143 cm³/mol. The second-order valence-electron chi connectivity index (χ2n) is 9.50. The summed E-state index contributed by atoms with van der Waals surface area (Å²) in [4.78, 5) is 24.8. The number of hydrogen-bond acceptors (Lipinski definition) is 9. The highest BCUT2D eigenvalue weighted by atomic mass is 16.5. The van der Waals surface area contributed by atoms with E-state index in [0.717, 1.165) is 46.9 Å². The molecule has 4 heterocycles. The molecule has 10 heteroatoms. The Hall–Kier alpha value is -4.31. The molecule has 10 nitrogen and oxygen atoms in total. The molecule has 0 bridgehead atoms. The van der Waals surface area contributed by atoms with E-state index in [1.165, 1.54) is 6.33 Å². The molecule has 0 aliphatic carbocycles. The van der Waals surface area contributed by atoms with Crippen molar-refractivity contribution in [2.75, 3.05) is 23.3 Å². The van der Waals surface area contributed by atoms with Gasteiger partial charge in [0.2, 0.25) is 5.95 Å². The molecule has 2 unspecified atom stereocenters. The van der Waals surface area contributed by atoms with Gasteiger partial charge in [0.05, 0.1) is 35.8 Å². The van der Waals surface area contributed by atoms with Crippen LogP contribution in [0.25, 0.3) is 22.1 Å². The number of aryl methyl sites for hydroxylation is 2. The van der Waals surface area contributed by atoms with Crippen LogP contribution in [-0.2, 0) is 11.8 Å². The fourth-order valence-corrected chi connectivity index (χ4v) is 4.71. The fourth-order valence-electron chi connectivity index (χ4n) is 4.71. The Morgan fingerprint density at radius 1 is 0.973 bits per heavy atom. The van der Waals surface area contributed by atoms with Crippen LogP contribution in [0.2, 0.25) is 0 Å². The lowest BCUT2D eigenvalue weighted by Crippen LogP contribution is -2.46. The number of anilines is 3. The lowest BCUT2D eigenvalue weighted by atomic mass is 10.2. The summed E-state index contributed by atoms with van der Waals surface area (Å²) in [5.74, 6) is 2.79. The SMILES string of the molecule is Cc1cc(Nc2ncnc3cnc(N4CC(C)OC(C)C4)nc23)ccc1Oc1ccc2c(c1)ncn2C. The molecule has 1 aliphatic heterocycles. The molecule has 1 saturated heterocycles. The van der Waals surface area contributed by atoms with E-state index in [4.69, 9.17) is 14.5 Å². The first-order chi connectivity index (χ1) is 17.9. The molecule has 3 aromatic heterocycles. The van der Waals surface area contributed by atoms with Crippen LogP contribution in [0, 0.1) is 6.92 Å². The Kier molecular flexibility index (Phi) is 5.80. The fraction of sp³-hybridized carbons (Fsp3) is 0.296. The zero-order valence-corrected chi connectivity index (χ0v) is 21.2. The minimum atomic E-state index is 0.113. The van der Waals surface area contributed by atoms with E-state index in [-0.39, 0.29) is 12.2 Å². The van der Waals surface area contributed by atoms with Crippen molar-refractivity contribution in [2.45, 2.75) is 33.0 Å². The van der Waals surface area contributed by atoms with Crippen LogP contribution in [0.3, 0.4) is 0 Å². The van der Waals surface area contributed by atoms with E-state index in [0.29, 0.717) is 22.8 Å². The minimum Gasteiger partial charge on any atom is -0.457 e. The molecule has 37 heavy (non-hydrogen) atoms. The summed E-state index contributed by atoms with van der Waals surface area (Å²) < 4.78 is 14.0. The van der Waals surface area contributed by atoms with E-state index in [9.17, 15) is 0 Å². The van der Waals surface area contributed by atoms with Crippen LogP contribution >= 0.6 is 0 Å². The van der Waals surface area contributed by atoms with Gasteiger partial charge in [-0.25, -0.2) is 24.9 Å². The zero-order valence-electron chi connectivity index (χ0n) is 21.2. The number of nitrogens with zero attached hydrogens (tertiary/aromatic N) is 7. The number of imidazole rings is 1. The number of aromatic nitrogens is 6. The first kappa shape index (κ1) is 23.1. The maximum Gasteiger partial charge on any atom is 0.226 e. The van der Waals surface area contributed by atoms with E-state index in [1.54, 1.807) is 12.5 Å². The smallest absolute Gasteiger partial charge is 0.226 e. The summed E-state index contributed by atoms with van der Waals surface area (Å²) in [6.45, 7) is 7.61. The average Bonchev–Trinajstić information content (AvgIpc) is 3.25. The summed E-state index contributed by atoms with van der Waals surface area (Å²) in [5.41, 5.74) is 5.16. The molecule has 0 saturated carbocycles. The second-order valence-corrected chi connectivity index (χ2v) is 9.50. The minimum absolute atomic E-state index is 0.113. The molecular weight excluding hydrogens is 468 g/mol. The maximum atomic E-state index is 6.16. The van der Waals surface area contributed by atoms with Gasteiger partial charge in [-0.3, -0.25) is 0 Å². The van der Waals surface area contributed by atoms with Gasteiger partial charge in [-0.2, -0.15) is 0 Å².